The number of phenolic OH excluding ortho intramolecular Hbond substituents is 2. The van der Waals surface area contributed by atoms with Crippen molar-refractivity contribution in [2.75, 3.05) is 47.2 Å². The molecule has 6 rings (SSSR count). The topological polar surface area (TPSA) is 395 Å². The molecule has 4 aromatic rings. The van der Waals surface area contributed by atoms with Crippen LogP contribution < -0.4 is 26.6 Å². The van der Waals surface area contributed by atoms with E-state index in [0.717, 1.165) is 67.7 Å². The normalized spacial score (nSPS) is 17.5. The van der Waals surface area contributed by atoms with E-state index in [4.69, 9.17) is 19.2 Å². The highest BCUT2D eigenvalue weighted by atomic mass is 32.1. The van der Waals surface area contributed by atoms with E-state index in [-0.39, 0.29) is 139 Å². The number of ether oxygens (including phenoxy) is 3. The molecule has 2 aromatic carbocycles. The number of likely N-dealkylation sites (N-methyl/N-ethyl adjacent to an activating group) is 2. The third-order valence-electron chi connectivity index (χ3n) is 24.1. The van der Waals surface area contributed by atoms with Crippen LogP contribution in [0.2, 0.25) is 38.3 Å². The number of nitrogens with one attached hydrogen (secondary N) is 5. The third kappa shape index (κ3) is 37.2. The van der Waals surface area contributed by atoms with Crippen LogP contribution in [0.1, 0.15) is 273 Å². The Bertz CT molecular complexity index is 4080. The van der Waals surface area contributed by atoms with E-state index in [1.54, 1.807) is 64.2 Å². The molecule has 0 bridgehead atoms. The van der Waals surface area contributed by atoms with Gasteiger partial charge in [0.2, 0.25) is 29.5 Å². The van der Waals surface area contributed by atoms with Crippen LogP contribution in [-0.2, 0) is 70.2 Å². The number of esters is 3. The highest BCUT2D eigenvalue weighted by Crippen LogP contribution is 2.35. The second-order valence-electron chi connectivity index (χ2n) is 37.1. The van der Waals surface area contributed by atoms with Crippen molar-refractivity contribution in [3.63, 3.8) is 0 Å². The highest BCUT2D eigenvalue weighted by molar-refractivity contribution is 7.10. The summed E-state index contributed by atoms with van der Waals surface area (Å²) in [5.74, 6) is -5.03. The minimum absolute atomic E-state index is 0.0467. The maximum atomic E-state index is 14.8. The first-order valence-corrected chi connectivity index (χ1v) is 53.9. The van der Waals surface area contributed by atoms with Crippen LogP contribution in [0, 0.1) is 35.5 Å². The second kappa shape index (κ2) is 53.8. The molecule has 33 heteroatoms. The molecule has 706 valence electrons. The molecule has 9 N–H and O–H groups in total. The summed E-state index contributed by atoms with van der Waals surface area (Å²) in [7, 11) is -0.656. The van der Waals surface area contributed by atoms with E-state index in [9.17, 15) is 72.5 Å². The van der Waals surface area contributed by atoms with Crippen molar-refractivity contribution in [1.29, 1.82) is 0 Å². The van der Waals surface area contributed by atoms with Gasteiger partial charge in [-0.2, -0.15) is 0 Å². The van der Waals surface area contributed by atoms with Gasteiger partial charge in [0, 0.05) is 91.8 Å². The Balaban J connectivity index is 0.000000447. The number of ketones is 1. The van der Waals surface area contributed by atoms with Crippen LogP contribution in [-0.4, -0.2) is 227 Å². The summed E-state index contributed by atoms with van der Waals surface area (Å²) >= 11 is 2.49. The molecule has 0 saturated carbocycles. The molecular weight excluding hydrogens is 1680 g/mol. The number of amides is 7. The van der Waals surface area contributed by atoms with Crippen molar-refractivity contribution >= 4 is 104 Å². The Morgan fingerprint density at radius 1 is 0.540 bits per heavy atom. The Labute approximate surface area is 759 Å². The molecule has 0 aliphatic carbocycles. The lowest BCUT2D eigenvalue weighted by Gasteiger charge is -2.39. The molecule has 126 heavy (non-hydrogen) atoms. The van der Waals surface area contributed by atoms with Crippen molar-refractivity contribution in [2.24, 2.45) is 35.5 Å². The number of thiazole rings is 2. The first-order valence-electron chi connectivity index (χ1n) is 45.8. The molecule has 2 aromatic heterocycles. The van der Waals surface area contributed by atoms with E-state index in [2.05, 4.69) is 31.6 Å². The van der Waals surface area contributed by atoms with Gasteiger partial charge in [-0.15, -0.1) is 22.7 Å². The van der Waals surface area contributed by atoms with Gasteiger partial charge in [0.1, 0.15) is 45.8 Å². The number of rotatable bonds is 51. The number of hydrogen-bond donors (Lipinski definition) is 9. The zero-order chi connectivity index (χ0) is 93.9. The minimum Gasteiger partial charge on any atom is -0.508 e. The number of Topliss-reactive ketones (excluding diaryl/α,β-unsaturated/α-hetero) is 1. The molecule has 7 amide bonds. The molecule has 2 aliphatic heterocycles. The fourth-order valence-corrected chi connectivity index (χ4v) is 19.7. The van der Waals surface area contributed by atoms with Crippen LogP contribution >= 0.6 is 22.7 Å². The van der Waals surface area contributed by atoms with E-state index >= 15 is 0 Å². The van der Waals surface area contributed by atoms with Gasteiger partial charge >= 0.3 is 17.9 Å². The van der Waals surface area contributed by atoms with Crippen LogP contribution in [0.15, 0.2) is 59.3 Å². The second-order valence-corrected chi connectivity index (χ2v) is 47.1. The minimum atomic E-state index is -2.30. The number of likely N-dealkylation sites (tertiary alicyclic amines) is 2. The van der Waals surface area contributed by atoms with Crippen LogP contribution in [0.25, 0.3) is 0 Å². The Morgan fingerprint density at radius 2 is 0.952 bits per heavy atom. The lowest BCUT2D eigenvalue weighted by molar-refractivity contribution is -0.161. The maximum absolute atomic E-state index is 14.8. The summed E-state index contributed by atoms with van der Waals surface area (Å²) in [5, 5.41) is 39.4. The number of piperidine rings is 2. The SMILES string of the molecule is CCCC(=O)OCN(C(=O)[C@@H](NC(=O)[C@H]1CCCCN1C)C(C)CC)[C@H](C[C@@H](C)c1nc(C(=O)N[C@@H](Cc2ccc(O)cc2)C[C@H](C)C(=O)NCCC[Si](C)(C)O)cs1)C(C)C.CCCC(=O)OCN(C(=O)[C@@H](NC(=O)[C@H]1CCCCN1C)C(C)CC)[C@H](C[C@@H](OC(C)=O)c1nc(C(=O)N[C@@H](Cc2ccc(O)cc2)C[C@H](C)C(=O)CCC[Si](C)(C)O)cs1)C(C)C. The Hall–Kier alpha value is -8.06. The average molecular weight is 1830 g/mol. The number of hydrogen-bond acceptors (Lipinski definition) is 24. The van der Waals surface area contributed by atoms with Crippen molar-refractivity contribution in [2.45, 2.75) is 330 Å². The Morgan fingerprint density at radius 3 is 1.36 bits per heavy atom. The van der Waals surface area contributed by atoms with Crippen LogP contribution in [0.3, 0.4) is 0 Å². The molecule has 0 spiro atoms. The van der Waals surface area contributed by atoms with E-state index < -0.39 is 94.6 Å². The smallest absolute Gasteiger partial charge is 0.307 e. The summed E-state index contributed by atoms with van der Waals surface area (Å²) in [5.41, 5.74) is 2.06. The number of benzene rings is 2. The maximum Gasteiger partial charge on any atom is 0.307 e. The molecule has 2 fully saturated rings. The zero-order valence-electron chi connectivity index (χ0n) is 78.8. The fourth-order valence-electron chi connectivity index (χ4n) is 16.0. The fraction of sp³-hybridized carbons (Fsp3) is 0.688. The van der Waals surface area contributed by atoms with Gasteiger partial charge < -0.3 is 70.4 Å². The van der Waals surface area contributed by atoms with Gasteiger partial charge in [-0.05, 0) is 208 Å². The van der Waals surface area contributed by atoms with Gasteiger partial charge in [-0.25, -0.2) is 9.97 Å². The third-order valence-corrected chi connectivity index (χ3v) is 29.2. The number of phenols is 2. The monoisotopic (exact) mass is 1830 g/mol. The highest BCUT2D eigenvalue weighted by Gasteiger charge is 2.42. The number of carbonyl (C=O) groups is 11. The molecule has 2 aliphatic rings. The molecule has 2 unspecified atom stereocenters. The van der Waals surface area contributed by atoms with Gasteiger partial charge in [-0.1, -0.05) is 140 Å². The first-order chi connectivity index (χ1) is 59.4. The first kappa shape index (κ1) is 108. The summed E-state index contributed by atoms with van der Waals surface area (Å²) < 4.78 is 17.3. The van der Waals surface area contributed by atoms with Crippen molar-refractivity contribution in [3.8, 4) is 11.5 Å². The quantitative estimate of drug-likeness (QED) is 0.00652. The molecule has 29 nitrogen and oxygen atoms in total. The Kier molecular flexibility index (Phi) is 46.3. The van der Waals surface area contributed by atoms with Gasteiger partial charge in [0.05, 0.1) is 17.1 Å². The van der Waals surface area contributed by atoms with E-state index in [0.29, 0.717) is 112 Å². The molecule has 4 heterocycles. The molecule has 2 saturated heterocycles. The van der Waals surface area contributed by atoms with E-state index in [1.165, 1.54) is 23.2 Å². The summed E-state index contributed by atoms with van der Waals surface area (Å²) in [6.45, 7) is 35.2. The lowest BCUT2D eigenvalue weighted by Crippen LogP contribution is -2.59. The van der Waals surface area contributed by atoms with Gasteiger partial charge in [0.15, 0.2) is 36.2 Å². The van der Waals surface area contributed by atoms with Gasteiger partial charge in [-0.3, -0.25) is 62.5 Å². The van der Waals surface area contributed by atoms with E-state index in [1.807, 2.05) is 140 Å². The number of aromatic nitrogens is 2. The summed E-state index contributed by atoms with van der Waals surface area (Å²) in [6, 6.07) is 10.3. The number of nitrogens with zero attached hydrogens (tertiary/aromatic N) is 6. The lowest BCUT2D eigenvalue weighted by atomic mass is 9.90. The summed E-state index contributed by atoms with van der Waals surface area (Å²) in [6.07, 6.45) is 10.7. The van der Waals surface area contributed by atoms with Crippen molar-refractivity contribution < 1.29 is 86.8 Å². The van der Waals surface area contributed by atoms with Crippen molar-refractivity contribution in [1.82, 2.24) is 56.2 Å². The van der Waals surface area contributed by atoms with Crippen molar-refractivity contribution in [3.05, 3.63) is 91.8 Å². The average Bonchev–Trinajstić information content (AvgIpc) is 1.27. The number of carbonyl (C=O) groups excluding carboxylic acids is 11. The van der Waals surface area contributed by atoms with Crippen LogP contribution in [0.4, 0.5) is 0 Å². The zero-order valence-corrected chi connectivity index (χ0v) is 82.4. The molecular formula is C93H151N11O18S2Si2. The molecule has 14 atom stereocenters. The largest absolute Gasteiger partial charge is 0.508 e. The van der Waals surface area contributed by atoms with Gasteiger partial charge in [0.25, 0.3) is 11.8 Å². The number of aromatic hydroxyl groups is 2. The summed E-state index contributed by atoms with van der Waals surface area (Å²) in [4.78, 5) is 186. The van der Waals surface area contributed by atoms with Crippen LogP contribution in [0.5, 0.6) is 11.5 Å². The predicted molar refractivity (Wildman–Crippen MR) is 497 cm³/mol. The standard InChI is InChI=1S/C47H75N5O10SSi.C46H76N6O8SSi/c1-11-16-42(56)61-29-52(47(59)43(31(5)12-2)50-45(58)38-17-13-14-23-51(38)8)39(30(3)4)27-41(62-33(7)53)46-49-37(28-63-46)44(57)48-35(26-34-19-21-36(54)22-20-34)25-32(6)40(55)18-15-24-64(9,10)60;1-11-16-40(54)60-29-52(46(58)41(31(5)12-2)50-44(57)38-17-13-14-23-51(38)8)39(30(3)4)26-33(7)45-49-37(28-61-45)43(56)48-35(27-34-18-20-36(53)21-19-34)25-32(6)42(55)47-22-15-24-62(9,10)59/h19-22,28,30-32,35,38-39,41,43,54,60H,11-18,23-27,29H2,1-10H3,(H,48,57)(H,50,58);18-21,28,30-33,35,38-39,41,53,59H,11-17,22-27,29H2,1-10H3,(H,47,55)(H,48,56)(H,50,57)/t31?,32-,35+,38+,39+,41+,43-;31?,32-,33+,35+,38+,39+,41-/m00/s1. The predicted octanol–water partition coefficient (Wildman–Crippen LogP) is 13.5. The molecule has 0 radical (unpaired) electrons.